The Morgan fingerprint density at radius 2 is 1.79 bits per heavy atom. The first-order chi connectivity index (χ1) is 16.6. The van der Waals surface area contributed by atoms with E-state index in [0.29, 0.717) is 39.8 Å². The second kappa shape index (κ2) is 9.40. The minimum atomic E-state index is -0.183. The predicted molar refractivity (Wildman–Crippen MR) is 133 cm³/mol. The molecule has 34 heavy (non-hydrogen) atoms. The summed E-state index contributed by atoms with van der Waals surface area (Å²) in [5, 5.41) is 12.6. The second-order valence-electron chi connectivity index (χ2n) is 7.58. The lowest BCUT2D eigenvalue weighted by atomic mass is 10.2. The number of rotatable bonds is 7. The van der Waals surface area contributed by atoms with E-state index in [0.717, 1.165) is 5.56 Å². The maximum Gasteiger partial charge on any atom is 0.263 e. The van der Waals surface area contributed by atoms with Gasteiger partial charge in [-0.05, 0) is 29.8 Å². The highest BCUT2D eigenvalue weighted by atomic mass is 32.2. The summed E-state index contributed by atoms with van der Waals surface area (Å²) >= 11 is 1.26. The van der Waals surface area contributed by atoms with Gasteiger partial charge in [-0.2, -0.15) is 0 Å². The minimum absolute atomic E-state index is 0.129. The minimum Gasteiger partial charge on any atom is -0.497 e. The number of hydrogen-bond donors (Lipinski definition) is 1. The lowest BCUT2D eigenvalue weighted by Gasteiger charge is -2.11. The monoisotopic (exact) mass is 471 g/mol. The number of nitrogens with one attached hydrogen (secondary N) is 1. The van der Waals surface area contributed by atoms with E-state index in [2.05, 4.69) is 15.5 Å². The van der Waals surface area contributed by atoms with Crippen LogP contribution in [0.15, 0.2) is 88.8 Å². The number of para-hydroxylation sites is 1. The smallest absolute Gasteiger partial charge is 0.263 e. The van der Waals surface area contributed by atoms with Gasteiger partial charge in [-0.3, -0.25) is 18.6 Å². The van der Waals surface area contributed by atoms with Crippen molar-refractivity contribution in [1.82, 2.24) is 19.2 Å². The molecular formula is C25H21N5O3S. The summed E-state index contributed by atoms with van der Waals surface area (Å²) in [6.45, 7) is 0.368. The molecule has 0 fully saturated rings. The zero-order chi connectivity index (χ0) is 23.5. The lowest BCUT2D eigenvalue weighted by Crippen LogP contribution is -2.24. The van der Waals surface area contributed by atoms with E-state index in [1.165, 1.54) is 11.8 Å². The van der Waals surface area contributed by atoms with Gasteiger partial charge in [-0.1, -0.05) is 60.3 Å². The summed E-state index contributed by atoms with van der Waals surface area (Å²) < 4.78 is 8.65. The van der Waals surface area contributed by atoms with E-state index in [4.69, 9.17) is 4.74 Å². The van der Waals surface area contributed by atoms with Crippen LogP contribution in [0.4, 0.5) is 5.69 Å². The number of methoxy groups -OCH3 is 1. The zero-order valence-electron chi connectivity index (χ0n) is 18.3. The average Bonchev–Trinajstić information content (AvgIpc) is 3.30. The predicted octanol–water partition coefficient (Wildman–Crippen LogP) is 3.83. The average molecular weight is 472 g/mol. The third kappa shape index (κ3) is 4.25. The molecule has 0 radical (unpaired) electrons. The van der Waals surface area contributed by atoms with Crippen molar-refractivity contribution in [2.75, 3.05) is 18.2 Å². The molecule has 8 nitrogen and oxygen atoms in total. The number of aromatic nitrogens is 4. The molecule has 9 heteroatoms. The molecule has 3 aromatic carbocycles. The molecule has 0 spiro atoms. The summed E-state index contributed by atoms with van der Waals surface area (Å²) in [5.41, 5.74) is 2.20. The van der Waals surface area contributed by atoms with Crippen molar-refractivity contribution in [3.8, 4) is 5.75 Å². The van der Waals surface area contributed by atoms with Gasteiger partial charge in [0.1, 0.15) is 5.75 Å². The Kier molecular flexibility index (Phi) is 6.01. The van der Waals surface area contributed by atoms with Crippen molar-refractivity contribution < 1.29 is 9.53 Å². The van der Waals surface area contributed by atoms with Crippen LogP contribution in [-0.2, 0) is 11.3 Å². The molecule has 170 valence electrons. The molecular weight excluding hydrogens is 450 g/mol. The van der Waals surface area contributed by atoms with Gasteiger partial charge in [-0.25, -0.2) is 0 Å². The number of ether oxygens (including phenoxy) is 1. The van der Waals surface area contributed by atoms with Crippen LogP contribution in [0.1, 0.15) is 5.56 Å². The first-order valence-corrected chi connectivity index (χ1v) is 11.6. The van der Waals surface area contributed by atoms with Crippen molar-refractivity contribution in [3.63, 3.8) is 0 Å². The topological polar surface area (TPSA) is 90.5 Å². The molecule has 1 N–H and O–H groups in total. The molecule has 0 aliphatic carbocycles. The fourth-order valence-corrected chi connectivity index (χ4v) is 4.50. The summed E-state index contributed by atoms with van der Waals surface area (Å²) in [5.74, 6) is 1.04. The van der Waals surface area contributed by atoms with Gasteiger partial charge in [0.25, 0.3) is 5.56 Å². The van der Waals surface area contributed by atoms with Crippen LogP contribution >= 0.6 is 11.8 Å². The largest absolute Gasteiger partial charge is 0.497 e. The highest BCUT2D eigenvalue weighted by Crippen LogP contribution is 2.23. The maximum absolute atomic E-state index is 13.3. The number of carbonyl (C=O) groups excluding carboxylic acids is 1. The van der Waals surface area contributed by atoms with Crippen LogP contribution in [0.2, 0.25) is 0 Å². The Bertz CT molecular complexity index is 1550. The lowest BCUT2D eigenvalue weighted by molar-refractivity contribution is -0.113. The van der Waals surface area contributed by atoms with Crippen molar-refractivity contribution in [2.45, 2.75) is 11.7 Å². The van der Waals surface area contributed by atoms with Crippen molar-refractivity contribution in [3.05, 3.63) is 94.8 Å². The summed E-state index contributed by atoms with van der Waals surface area (Å²) in [4.78, 5) is 25.9. The summed E-state index contributed by atoms with van der Waals surface area (Å²) in [7, 11) is 1.58. The molecule has 0 unspecified atom stereocenters. The number of thioether (sulfide) groups is 1. The molecule has 0 atom stereocenters. The SMILES string of the molecule is COc1cccc(NC(=O)CSc2nnc3n(Cc4ccccc4)c(=O)c4ccccc4n23)c1. The van der Waals surface area contributed by atoms with E-state index in [1.807, 2.05) is 65.1 Å². The van der Waals surface area contributed by atoms with Gasteiger partial charge < -0.3 is 10.1 Å². The first kappa shape index (κ1) is 21.7. The van der Waals surface area contributed by atoms with Crippen molar-refractivity contribution in [1.29, 1.82) is 0 Å². The summed E-state index contributed by atoms with van der Waals surface area (Å²) in [6, 6.07) is 24.3. The number of carbonyl (C=O) groups is 1. The number of hydrogen-bond acceptors (Lipinski definition) is 6. The van der Waals surface area contributed by atoms with Crippen molar-refractivity contribution >= 4 is 40.0 Å². The first-order valence-electron chi connectivity index (χ1n) is 10.6. The second-order valence-corrected chi connectivity index (χ2v) is 8.52. The zero-order valence-corrected chi connectivity index (χ0v) is 19.2. The Labute approximate surface area is 199 Å². The van der Waals surface area contributed by atoms with Crippen LogP contribution in [0, 0.1) is 0 Å². The third-order valence-electron chi connectivity index (χ3n) is 5.35. The standard InChI is InChI=1S/C25H21N5O3S/c1-33-19-11-7-10-18(14-19)26-22(31)16-34-25-28-27-24-29(15-17-8-3-2-4-9-17)23(32)20-12-5-6-13-21(20)30(24)25/h2-14H,15-16H2,1H3,(H,26,31). The Hall–Kier alpha value is -4.11. The molecule has 0 aliphatic rings. The fourth-order valence-electron chi connectivity index (χ4n) is 3.76. The van der Waals surface area contributed by atoms with Crippen LogP contribution in [0.25, 0.3) is 16.7 Å². The molecule has 0 bridgehead atoms. The van der Waals surface area contributed by atoms with E-state index in [1.54, 1.807) is 29.9 Å². The van der Waals surface area contributed by atoms with E-state index >= 15 is 0 Å². The van der Waals surface area contributed by atoms with Gasteiger partial charge in [0.2, 0.25) is 11.7 Å². The number of benzene rings is 3. The van der Waals surface area contributed by atoms with Crippen LogP contribution in [-0.4, -0.2) is 37.9 Å². The van der Waals surface area contributed by atoms with Crippen LogP contribution < -0.4 is 15.6 Å². The van der Waals surface area contributed by atoms with E-state index < -0.39 is 0 Å². The molecule has 5 aromatic rings. The van der Waals surface area contributed by atoms with Crippen LogP contribution in [0.5, 0.6) is 5.75 Å². The van der Waals surface area contributed by atoms with Gasteiger partial charge in [-0.15, -0.1) is 10.2 Å². The number of amides is 1. The normalized spacial score (nSPS) is 11.1. The van der Waals surface area contributed by atoms with Crippen LogP contribution in [0.3, 0.4) is 0 Å². The number of nitrogens with zero attached hydrogens (tertiary/aromatic N) is 4. The number of anilines is 1. The Morgan fingerprint density at radius 1 is 1.00 bits per heavy atom. The molecule has 1 amide bonds. The van der Waals surface area contributed by atoms with Crippen molar-refractivity contribution in [2.24, 2.45) is 0 Å². The molecule has 2 heterocycles. The molecule has 5 rings (SSSR count). The fraction of sp³-hybridized carbons (Fsp3) is 0.120. The van der Waals surface area contributed by atoms with Gasteiger partial charge >= 0.3 is 0 Å². The quantitative estimate of drug-likeness (QED) is 0.363. The van der Waals surface area contributed by atoms with Gasteiger partial charge in [0.05, 0.1) is 30.3 Å². The van der Waals surface area contributed by atoms with E-state index in [9.17, 15) is 9.59 Å². The number of fused-ring (bicyclic) bond motifs is 3. The molecule has 0 aliphatic heterocycles. The van der Waals surface area contributed by atoms with Gasteiger partial charge in [0, 0.05) is 11.8 Å². The highest BCUT2D eigenvalue weighted by molar-refractivity contribution is 7.99. The third-order valence-corrected chi connectivity index (χ3v) is 6.28. The molecule has 0 saturated heterocycles. The molecule has 2 aromatic heterocycles. The summed E-state index contributed by atoms with van der Waals surface area (Å²) in [6.07, 6.45) is 0. The molecule has 0 saturated carbocycles. The maximum atomic E-state index is 13.3. The Morgan fingerprint density at radius 3 is 2.62 bits per heavy atom. The van der Waals surface area contributed by atoms with E-state index in [-0.39, 0.29) is 17.2 Å². The highest BCUT2D eigenvalue weighted by Gasteiger charge is 2.18. The Balaban J connectivity index is 1.47. The van der Waals surface area contributed by atoms with Gasteiger partial charge in [0.15, 0.2) is 5.16 Å².